The Morgan fingerprint density at radius 1 is 1.35 bits per heavy atom. The number of nitrogens with zero attached hydrogens (tertiary/aromatic N) is 1. The molecule has 1 amide bonds. The molecule has 1 aromatic carbocycles. The van der Waals surface area contributed by atoms with Gasteiger partial charge in [-0.15, -0.1) is 0 Å². The Kier molecular flexibility index (Phi) is 4.33. The summed E-state index contributed by atoms with van der Waals surface area (Å²) in [5, 5.41) is 12.7. The van der Waals surface area contributed by atoms with Crippen LogP contribution in [-0.4, -0.2) is 41.8 Å². The van der Waals surface area contributed by atoms with E-state index in [2.05, 4.69) is 38.2 Å². The SMILES string of the molecule is CC(C)(C)C(c1ccccc1)[C@@H]1CN(C(=O)O)CCN1. The van der Waals surface area contributed by atoms with Gasteiger partial charge in [0.2, 0.25) is 0 Å². The Hall–Kier alpha value is -1.55. The Morgan fingerprint density at radius 2 is 2.00 bits per heavy atom. The fraction of sp³-hybridized carbons (Fsp3) is 0.562. The highest BCUT2D eigenvalue weighted by atomic mass is 16.4. The van der Waals surface area contributed by atoms with Crippen molar-refractivity contribution < 1.29 is 9.90 Å². The monoisotopic (exact) mass is 276 g/mol. The van der Waals surface area contributed by atoms with Crippen LogP contribution in [0.1, 0.15) is 32.3 Å². The molecule has 2 N–H and O–H groups in total. The van der Waals surface area contributed by atoms with E-state index in [1.54, 1.807) is 0 Å². The summed E-state index contributed by atoms with van der Waals surface area (Å²) in [5.74, 6) is 0.283. The lowest BCUT2D eigenvalue weighted by atomic mass is 9.72. The summed E-state index contributed by atoms with van der Waals surface area (Å²) >= 11 is 0. The third kappa shape index (κ3) is 3.31. The van der Waals surface area contributed by atoms with Crippen LogP contribution in [0.25, 0.3) is 0 Å². The van der Waals surface area contributed by atoms with E-state index < -0.39 is 6.09 Å². The van der Waals surface area contributed by atoms with Crippen molar-refractivity contribution in [2.24, 2.45) is 5.41 Å². The molecule has 1 aromatic rings. The molecule has 1 saturated heterocycles. The van der Waals surface area contributed by atoms with Crippen molar-refractivity contribution in [1.82, 2.24) is 10.2 Å². The molecule has 4 heteroatoms. The number of hydrogen-bond donors (Lipinski definition) is 2. The molecule has 0 aromatic heterocycles. The van der Waals surface area contributed by atoms with Gasteiger partial charge in [-0.05, 0) is 11.0 Å². The van der Waals surface area contributed by atoms with E-state index in [-0.39, 0.29) is 17.4 Å². The van der Waals surface area contributed by atoms with Crippen molar-refractivity contribution in [3.63, 3.8) is 0 Å². The second-order valence-corrected chi connectivity index (χ2v) is 6.54. The van der Waals surface area contributed by atoms with Gasteiger partial charge in [-0.3, -0.25) is 0 Å². The van der Waals surface area contributed by atoms with Crippen LogP contribution >= 0.6 is 0 Å². The molecule has 1 unspecified atom stereocenters. The van der Waals surface area contributed by atoms with E-state index >= 15 is 0 Å². The van der Waals surface area contributed by atoms with Crippen LogP contribution in [0.15, 0.2) is 30.3 Å². The van der Waals surface area contributed by atoms with Gasteiger partial charge in [0.05, 0.1) is 0 Å². The molecule has 0 saturated carbocycles. The maximum atomic E-state index is 11.2. The number of hydrogen-bond acceptors (Lipinski definition) is 2. The molecule has 110 valence electrons. The summed E-state index contributed by atoms with van der Waals surface area (Å²) in [5.41, 5.74) is 1.34. The van der Waals surface area contributed by atoms with Crippen LogP contribution in [0.5, 0.6) is 0 Å². The van der Waals surface area contributed by atoms with Crippen LogP contribution < -0.4 is 5.32 Å². The van der Waals surface area contributed by atoms with Gasteiger partial charge < -0.3 is 15.3 Å². The first-order chi connectivity index (χ1) is 9.39. The molecule has 20 heavy (non-hydrogen) atoms. The number of carbonyl (C=O) groups is 1. The standard InChI is InChI=1S/C16H24N2O2/c1-16(2,3)14(12-7-5-4-6-8-12)13-11-18(15(19)20)10-9-17-13/h4-8,13-14,17H,9-11H2,1-3H3,(H,19,20)/t13-,14?/m0/s1. The van der Waals surface area contributed by atoms with Crippen molar-refractivity contribution in [3.05, 3.63) is 35.9 Å². The Balaban J connectivity index is 2.26. The van der Waals surface area contributed by atoms with Gasteiger partial charge in [-0.1, -0.05) is 51.1 Å². The summed E-state index contributed by atoms with van der Waals surface area (Å²) < 4.78 is 0. The first-order valence-electron chi connectivity index (χ1n) is 7.16. The minimum absolute atomic E-state index is 0.0700. The van der Waals surface area contributed by atoms with Gasteiger partial charge in [-0.2, -0.15) is 0 Å². The molecule has 1 aliphatic heterocycles. The lowest BCUT2D eigenvalue weighted by Gasteiger charge is -2.42. The third-order valence-corrected chi connectivity index (χ3v) is 3.97. The first-order valence-corrected chi connectivity index (χ1v) is 7.16. The van der Waals surface area contributed by atoms with E-state index in [1.165, 1.54) is 10.5 Å². The predicted molar refractivity (Wildman–Crippen MR) is 80.0 cm³/mol. The zero-order valence-electron chi connectivity index (χ0n) is 12.5. The molecular weight excluding hydrogens is 252 g/mol. The third-order valence-electron chi connectivity index (χ3n) is 3.97. The highest BCUT2D eigenvalue weighted by Crippen LogP contribution is 2.38. The number of carboxylic acid groups (broad SMARTS) is 1. The van der Waals surface area contributed by atoms with E-state index in [0.29, 0.717) is 13.1 Å². The minimum atomic E-state index is -0.822. The highest BCUT2D eigenvalue weighted by Gasteiger charge is 2.36. The summed E-state index contributed by atoms with van der Waals surface area (Å²) in [6.45, 7) is 8.48. The van der Waals surface area contributed by atoms with Gasteiger partial charge >= 0.3 is 6.09 Å². The molecule has 0 bridgehead atoms. The minimum Gasteiger partial charge on any atom is -0.465 e. The zero-order chi connectivity index (χ0) is 14.8. The number of nitrogens with one attached hydrogen (secondary N) is 1. The van der Waals surface area contributed by atoms with E-state index in [0.717, 1.165) is 6.54 Å². The quantitative estimate of drug-likeness (QED) is 0.873. The van der Waals surface area contributed by atoms with Gasteiger partial charge in [0.1, 0.15) is 0 Å². The molecular formula is C16H24N2O2. The molecule has 1 heterocycles. The second-order valence-electron chi connectivity index (χ2n) is 6.54. The summed E-state index contributed by atoms with van der Waals surface area (Å²) in [7, 11) is 0. The Morgan fingerprint density at radius 3 is 2.55 bits per heavy atom. The zero-order valence-corrected chi connectivity index (χ0v) is 12.5. The second kappa shape index (κ2) is 5.83. The van der Waals surface area contributed by atoms with Crippen molar-refractivity contribution in [3.8, 4) is 0 Å². The molecule has 2 atom stereocenters. The van der Waals surface area contributed by atoms with Crippen LogP contribution in [0.3, 0.4) is 0 Å². The topological polar surface area (TPSA) is 52.6 Å². The molecule has 0 spiro atoms. The Labute approximate surface area is 120 Å². The number of amides is 1. The van der Waals surface area contributed by atoms with Crippen LogP contribution in [0, 0.1) is 5.41 Å². The van der Waals surface area contributed by atoms with Crippen molar-refractivity contribution in [1.29, 1.82) is 0 Å². The largest absolute Gasteiger partial charge is 0.465 e. The van der Waals surface area contributed by atoms with Gasteiger partial charge in [0.15, 0.2) is 0 Å². The number of piperazine rings is 1. The number of rotatable bonds is 2. The molecule has 4 nitrogen and oxygen atoms in total. The van der Waals surface area contributed by atoms with Crippen molar-refractivity contribution in [2.45, 2.75) is 32.7 Å². The van der Waals surface area contributed by atoms with E-state index in [1.807, 2.05) is 18.2 Å². The van der Waals surface area contributed by atoms with Crippen LogP contribution in [0.2, 0.25) is 0 Å². The van der Waals surface area contributed by atoms with Crippen molar-refractivity contribution >= 4 is 6.09 Å². The fourth-order valence-corrected chi connectivity index (χ4v) is 3.17. The van der Waals surface area contributed by atoms with Gasteiger partial charge in [-0.25, -0.2) is 4.79 Å². The molecule has 2 rings (SSSR count). The highest BCUT2D eigenvalue weighted by molar-refractivity contribution is 5.65. The van der Waals surface area contributed by atoms with E-state index in [4.69, 9.17) is 0 Å². The van der Waals surface area contributed by atoms with Gasteiger partial charge in [0.25, 0.3) is 0 Å². The summed E-state index contributed by atoms with van der Waals surface area (Å²) in [6.07, 6.45) is -0.822. The molecule has 0 aliphatic carbocycles. The predicted octanol–water partition coefficient (Wildman–Crippen LogP) is 2.77. The van der Waals surface area contributed by atoms with Crippen LogP contribution in [-0.2, 0) is 0 Å². The average molecular weight is 276 g/mol. The average Bonchev–Trinajstić information content (AvgIpc) is 2.39. The maximum Gasteiger partial charge on any atom is 0.407 e. The molecule has 1 fully saturated rings. The summed E-state index contributed by atoms with van der Waals surface area (Å²) in [6, 6.07) is 10.5. The lowest BCUT2D eigenvalue weighted by molar-refractivity contribution is 0.113. The Bertz CT molecular complexity index is 453. The smallest absolute Gasteiger partial charge is 0.407 e. The van der Waals surface area contributed by atoms with E-state index in [9.17, 15) is 9.90 Å². The number of benzene rings is 1. The maximum absolute atomic E-state index is 11.2. The summed E-state index contributed by atoms with van der Waals surface area (Å²) in [4.78, 5) is 12.7. The van der Waals surface area contributed by atoms with Crippen molar-refractivity contribution in [2.75, 3.05) is 19.6 Å². The lowest BCUT2D eigenvalue weighted by Crippen LogP contribution is -2.56. The first kappa shape index (κ1) is 14.9. The molecule has 0 radical (unpaired) electrons. The fourth-order valence-electron chi connectivity index (χ4n) is 3.17. The normalized spacial score (nSPS) is 21.6. The molecule has 1 aliphatic rings. The van der Waals surface area contributed by atoms with Crippen LogP contribution in [0.4, 0.5) is 4.79 Å². The van der Waals surface area contributed by atoms with Gasteiger partial charge in [0, 0.05) is 31.6 Å².